The SMILES string of the molecule is Br.COc1cncc(C)c1B(O)O. The molecule has 0 aliphatic rings. The summed E-state index contributed by atoms with van der Waals surface area (Å²) in [5, 5.41) is 17.9. The van der Waals surface area contributed by atoms with E-state index in [9.17, 15) is 0 Å². The van der Waals surface area contributed by atoms with E-state index >= 15 is 0 Å². The van der Waals surface area contributed by atoms with Gasteiger partial charge in [-0.25, -0.2) is 0 Å². The van der Waals surface area contributed by atoms with E-state index in [1.807, 2.05) is 0 Å². The van der Waals surface area contributed by atoms with Gasteiger partial charge in [-0.15, -0.1) is 17.0 Å². The standard InChI is InChI=1S/C7H10BNO3.BrH/c1-5-3-9-4-6(12-2)7(5)8(10)11;/h3-4,10-11H,1-2H3;1H. The van der Waals surface area contributed by atoms with Crippen LogP contribution < -0.4 is 10.2 Å². The van der Waals surface area contributed by atoms with Crippen LogP contribution >= 0.6 is 17.0 Å². The molecule has 0 spiro atoms. The second kappa shape index (κ2) is 5.21. The molecule has 0 saturated carbocycles. The van der Waals surface area contributed by atoms with Crippen LogP contribution in [0.1, 0.15) is 5.56 Å². The Morgan fingerprint density at radius 3 is 2.38 bits per heavy atom. The lowest BCUT2D eigenvalue weighted by Gasteiger charge is -2.08. The molecule has 0 unspecified atom stereocenters. The molecule has 0 bridgehead atoms. The third-order valence-electron chi connectivity index (χ3n) is 1.63. The Balaban J connectivity index is 0.00000144. The fraction of sp³-hybridized carbons (Fsp3) is 0.286. The van der Waals surface area contributed by atoms with Gasteiger partial charge in [0.1, 0.15) is 5.75 Å². The first-order valence-corrected chi connectivity index (χ1v) is 3.51. The molecule has 0 saturated heterocycles. The van der Waals surface area contributed by atoms with Crippen molar-refractivity contribution in [3.05, 3.63) is 18.0 Å². The van der Waals surface area contributed by atoms with Crippen molar-refractivity contribution in [3.8, 4) is 5.75 Å². The van der Waals surface area contributed by atoms with E-state index in [2.05, 4.69) is 4.98 Å². The average Bonchev–Trinajstić information content (AvgIpc) is 2.03. The van der Waals surface area contributed by atoms with Crippen LogP contribution in [-0.4, -0.2) is 29.3 Å². The maximum Gasteiger partial charge on any atom is 0.492 e. The zero-order valence-electron chi connectivity index (χ0n) is 7.39. The van der Waals surface area contributed by atoms with Gasteiger partial charge < -0.3 is 14.8 Å². The summed E-state index contributed by atoms with van der Waals surface area (Å²) in [6, 6.07) is 0. The van der Waals surface area contributed by atoms with Crippen molar-refractivity contribution in [1.29, 1.82) is 0 Å². The predicted octanol–water partition coefficient (Wildman–Crippen LogP) is -0.344. The molecule has 4 nitrogen and oxygen atoms in total. The Hall–Kier alpha value is -0.585. The number of hydrogen-bond acceptors (Lipinski definition) is 4. The average molecular weight is 248 g/mol. The van der Waals surface area contributed by atoms with Gasteiger partial charge >= 0.3 is 7.12 Å². The molecule has 0 radical (unpaired) electrons. The van der Waals surface area contributed by atoms with Crippen molar-refractivity contribution in [2.75, 3.05) is 7.11 Å². The molecule has 0 aromatic carbocycles. The van der Waals surface area contributed by atoms with Crippen LogP contribution in [0, 0.1) is 6.92 Å². The summed E-state index contributed by atoms with van der Waals surface area (Å²) in [5.74, 6) is 0.394. The van der Waals surface area contributed by atoms with E-state index in [1.54, 1.807) is 13.1 Å². The molecular weight excluding hydrogens is 237 g/mol. The zero-order chi connectivity index (χ0) is 9.14. The van der Waals surface area contributed by atoms with Gasteiger partial charge in [0.15, 0.2) is 0 Å². The maximum atomic E-state index is 8.96. The summed E-state index contributed by atoms with van der Waals surface area (Å²) >= 11 is 0. The minimum absolute atomic E-state index is 0. The van der Waals surface area contributed by atoms with Gasteiger partial charge in [-0.2, -0.15) is 0 Å². The smallest absolute Gasteiger partial charge is 0.492 e. The van der Waals surface area contributed by atoms with Gasteiger partial charge in [0.25, 0.3) is 0 Å². The van der Waals surface area contributed by atoms with Crippen molar-refractivity contribution >= 4 is 29.6 Å². The van der Waals surface area contributed by atoms with Crippen LogP contribution in [0.5, 0.6) is 5.75 Å². The van der Waals surface area contributed by atoms with Crippen LogP contribution in [0.15, 0.2) is 12.4 Å². The van der Waals surface area contributed by atoms with Gasteiger partial charge in [0, 0.05) is 11.7 Å². The third kappa shape index (κ3) is 2.68. The van der Waals surface area contributed by atoms with Gasteiger partial charge in [0.2, 0.25) is 0 Å². The molecule has 2 N–H and O–H groups in total. The van der Waals surface area contributed by atoms with Crippen molar-refractivity contribution in [2.24, 2.45) is 0 Å². The molecule has 72 valence electrons. The maximum absolute atomic E-state index is 8.96. The van der Waals surface area contributed by atoms with E-state index < -0.39 is 7.12 Å². The zero-order valence-corrected chi connectivity index (χ0v) is 9.10. The number of halogens is 1. The minimum Gasteiger partial charge on any atom is -0.495 e. The molecule has 1 rings (SSSR count). The Kier molecular flexibility index (Phi) is 4.98. The van der Waals surface area contributed by atoms with E-state index in [4.69, 9.17) is 14.8 Å². The molecule has 1 aromatic heterocycles. The summed E-state index contributed by atoms with van der Waals surface area (Å²) in [4.78, 5) is 3.85. The number of ether oxygens (including phenoxy) is 1. The van der Waals surface area contributed by atoms with Crippen molar-refractivity contribution in [2.45, 2.75) is 6.92 Å². The van der Waals surface area contributed by atoms with Crippen molar-refractivity contribution < 1.29 is 14.8 Å². The molecule has 0 atom stereocenters. The summed E-state index contributed by atoms with van der Waals surface area (Å²) < 4.78 is 4.90. The number of aromatic nitrogens is 1. The molecule has 13 heavy (non-hydrogen) atoms. The predicted molar refractivity (Wildman–Crippen MR) is 55.7 cm³/mol. The largest absolute Gasteiger partial charge is 0.495 e. The van der Waals surface area contributed by atoms with Crippen LogP contribution in [0.4, 0.5) is 0 Å². The van der Waals surface area contributed by atoms with Crippen LogP contribution in [0.3, 0.4) is 0 Å². The molecule has 0 amide bonds. The topological polar surface area (TPSA) is 62.6 Å². The first-order chi connectivity index (χ1) is 5.66. The van der Waals surface area contributed by atoms with E-state index in [0.717, 1.165) is 0 Å². The van der Waals surface area contributed by atoms with Gasteiger partial charge in [0.05, 0.1) is 13.3 Å². The molecule has 1 heterocycles. The van der Waals surface area contributed by atoms with E-state index in [1.165, 1.54) is 13.3 Å². The fourth-order valence-corrected chi connectivity index (χ4v) is 1.04. The number of hydrogen-bond donors (Lipinski definition) is 2. The van der Waals surface area contributed by atoms with Gasteiger partial charge in [-0.05, 0) is 12.5 Å². The minimum atomic E-state index is -1.51. The van der Waals surface area contributed by atoms with Crippen LogP contribution in [0.25, 0.3) is 0 Å². The van der Waals surface area contributed by atoms with Crippen LogP contribution in [0.2, 0.25) is 0 Å². The van der Waals surface area contributed by atoms with Crippen molar-refractivity contribution in [1.82, 2.24) is 4.98 Å². The molecule has 0 fully saturated rings. The van der Waals surface area contributed by atoms with E-state index in [0.29, 0.717) is 16.8 Å². The quantitative estimate of drug-likeness (QED) is 0.702. The third-order valence-corrected chi connectivity index (χ3v) is 1.63. The number of aryl methyl sites for hydroxylation is 1. The number of pyridine rings is 1. The second-order valence-corrected chi connectivity index (χ2v) is 2.45. The van der Waals surface area contributed by atoms with Crippen LogP contribution in [-0.2, 0) is 0 Å². The first kappa shape index (κ1) is 12.4. The van der Waals surface area contributed by atoms with Gasteiger partial charge in [-0.3, -0.25) is 4.98 Å². The van der Waals surface area contributed by atoms with Gasteiger partial charge in [-0.1, -0.05) is 0 Å². The lowest BCUT2D eigenvalue weighted by molar-refractivity contribution is 0.401. The molecule has 1 aromatic rings. The lowest BCUT2D eigenvalue weighted by Crippen LogP contribution is -2.33. The lowest BCUT2D eigenvalue weighted by atomic mass is 9.77. The molecule has 6 heteroatoms. The summed E-state index contributed by atoms with van der Waals surface area (Å²) in [5.41, 5.74) is 1.07. The monoisotopic (exact) mass is 247 g/mol. The number of rotatable bonds is 2. The summed E-state index contributed by atoms with van der Waals surface area (Å²) in [6.07, 6.45) is 3.00. The highest BCUT2D eigenvalue weighted by molar-refractivity contribution is 8.93. The number of methoxy groups -OCH3 is 1. The Bertz CT molecular complexity index is 282. The number of nitrogens with zero attached hydrogens (tertiary/aromatic N) is 1. The fourth-order valence-electron chi connectivity index (χ4n) is 1.04. The highest BCUT2D eigenvalue weighted by Gasteiger charge is 2.19. The molecular formula is C7H11BBrNO3. The molecule has 0 aliphatic carbocycles. The highest BCUT2D eigenvalue weighted by atomic mass is 79.9. The highest BCUT2D eigenvalue weighted by Crippen LogP contribution is 2.06. The Morgan fingerprint density at radius 2 is 2.00 bits per heavy atom. The van der Waals surface area contributed by atoms with Crippen molar-refractivity contribution in [3.63, 3.8) is 0 Å². The normalized spacial score (nSPS) is 8.92. The molecule has 0 aliphatic heterocycles. The summed E-state index contributed by atoms with van der Waals surface area (Å²) in [6.45, 7) is 1.74. The first-order valence-electron chi connectivity index (χ1n) is 3.51. The van der Waals surface area contributed by atoms with E-state index in [-0.39, 0.29) is 17.0 Å². The Morgan fingerprint density at radius 1 is 1.38 bits per heavy atom. The summed E-state index contributed by atoms with van der Waals surface area (Å²) in [7, 11) is -0.0505. The second-order valence-electron chi connectivity index (χ2n) is 2.45. The Labute approximate surface area is 87.5 Å².